The fourth-order valence-corrected chi connectivity index (χ4v) is 5.60. The lowest BCUT2D eigenvalue weighted by molar-refractivity contribution is -0.187. The Morgan fingerprint density at radius 2 is 1.77 bits per heavy atom. The molecule has 0 bridgehead atoms. The molecule has 1 unspecified atom stereocenters. The Morgan fingerprint density at radius 1 is 1.05 bits per heavy atom. The normalized spacial score (nSPS) is 20.7. The van der Waals surface area contributed by atoms with Gasteiger partial charge in [-0.2, -0.15) is 0 Å². The summed E-state index contributed by atoms with van der Waals surface area (Å²) in [5.41, 5.74) is 1.73. The quantitative estimate of drug-likeness (QED) is 0.497. The molecule has 2 saturated heterocycles. The van der Waals surface area contributed by atoms with Crippen LogP contribution in [0.25, 0.3) is 0 Å². The van der Waals surface area contributed by atoms with Crippen molar-refractivity contribution in [3.05, 3.63) is 71.5 Å². The molecule has 0 saturated carbocycles. The van der Waals surface area contributed by atoms with Crippen LogP contribution in [0.2, 0.25) is 0 Å². The molecule has 2 aromatic rings. The van der Waals surface area contributed by atoms with Gasteiger partial charge in [-0.25, -0.2) is 19.2 Å². The van der Waals surface area contributed by atoms with Crippen molar-refractivity contribution in [2.75, 3.05) is 26.7 Å². The lowest BCUT2D eigenvalue weighted by Crippen LogP contribution is -2.76. The standard InChI is InChI=1S/C30H40FN5O3/c1-4-6-10-22(5-2)19-34-20-27-35(26(29(34)38)17-23-11-8-7-9-12-23)28(37)21-33(3)36(27)30(39)32-18-24-13-15-25(31)16-14-24/h7-9,11-16,22,26-27H,4-6,10,17-21H2,1-3H3,(H,32,39)/t22?,26-,27-/m0/s1. The first-order valence-corrected chi connectivity index (χ1v) is 14.0. The van der Waals surface area contributed by atoms with E-state index in [4.69, 9.17) is 0 Å². The van der Waals surface area contributed by atoms with E-state index in [0.717, 1.165) is 36.8 Å². The van der Waals surface area contributed by atoms with Gasteiger partial charge in [0.15, 0.2) is 0 Å². The summed E-state index contributed by atoms with van der Waals surface area (Å²) in [6.07, 6.45) is 3.96. The summed E-state index contributed by atoms with van der Waals surface area (Å²) < 4.78 is 13.3. The number of benzene rings is 2. The van der Waals surface area contributed by atoms with Crippen LogP contribution in [0.15, 0.2) is 54.6 Å². The molecule has 0 aromatic heterocycles. The van der Waals surface area contributed by atoms with Crippen molar-refractivity contribution in [2.24, 2.45) is 5.92 Å². The molecule has 2 aliphatic rings. The molecule has 0 aliphatic carbocycles. The van der Waals surface area contributed by atoms with Crippen LogP contribution in [-0.4, -0.2) is 76.6 Å². The fraction of sp³-hybridized carbons (Fsp3) is 0.500. The van der Waals surface area contributed by atoms with E-state index in [9.17, 15) is 18.8 Å². The summed E-state index contributed by atoms with van der Waals surface area (Å²) in [4.78, 5) is 44.4. The van der Waals surface area contributed by atoms with E-state index in [1.54, 1.807) is 34.1 Å². The Hall–Kier alpha value is -3.46. The third-order valence-corrected chi connectivity index (χ3v) is 7.80. The highest BCUT2D eigenvalue weighted by Crippen LogP contribution is 2.29. The molecule has 8 nitrogen and oxygen atoms in total. The van der Waals surface area contributed by atoms with Gasteiger partial charge in [0, 0.05) is 26.6 Å². The van der Waals surface area contributed by atoms with Gasteiger partial charge in [-0.15, -0.1) is 0 Å². The van der Waals surface area contributed by atoms with E-state index in [-0.39, 0.29) is 43.3 Å². The molecule has 2 heterocycles. The van der Waals surface area contributed by atoms with Gasteiger partial charge in [0.05, 0.1) is 13.1 Å². The van der Waals surface area contributed by atoms with Crippen LogP contribution in [-0.2, 0) is 22.6 Å². The highest BCUT2D eigenvalue weighted by atomic mass is 19.1. The number of nitrogens with one attached hydrogen (secondary N) is 1. The Balaban J connectivity index is 1.61. The largest absolute Gasteiger partial charge is 0.337 e. The summed E-state index contributed by atoms with van der Waals surface area (Å²) in [5, 5.41) is 6.11. The number of piperazine rings is 1. The molecule has 0 radical (unpaired) electrons. The smallest absolute Gasteiger partial charge is 0.334 e. The first-order chi connectivity index (χ1) is 18.8. The van der Waals surface area contributed by atoms with Crippen LogP contribution in [0.3, 0.4) is 0 Å². The van der Waals surface area contributed by atoms with Crippen LogP contribution >= 0.6 is 0 Å². The zero-order valence-electron chi connectivity index (χ0n) is 23.2. The average molecular weight is 538 g/mol. The van der Waals surface area contributed by atoms with Crippen molar-refractivity contribution in [2.45, 2.75) is 64.7 Å². The first-order valence-electron chi connectivity index (χ1n) is 14.0. The van der Waals surface area contributed by atoms with Gasteiger partial charge < -0.3 is 15.1 Å². The number of unbranched alkanes of at least 4 members (excludes halogenated alkanes) is 1. The first kappa shape index (κ1) is 28.5. The van der Waals surface area contributed by atoms with Crippen molar-refractivity contribution < 1.29 is 18.8 Å². The van der Waals surface area contributed by atoms with E-state index in [1.807, 2.05) is 35.2 Å². The number of hydrogen-bond acceptors (Lipinski definition) is 4. The minimum absolute atomic E-state index is 0.00682. The molecule has 0 spiro atoms. The van der Waals surface area contributed by atoms with Gasteiger partial charge >= 0.3 is 6.03 Å². The summed E-state index contributed by atoms with van der Waals surface area (Å²) in [6.45, 7) is 5.39. The van der Waals surface area contributed by atoms with Crippen LogP contribution in [0, 0.1) is 11.7 Å². The third-order valence-electron chi connectivity index (χ3n) is 7.80. The summed E-state index contributed by atoms with van der Waals surface area (Å²) in [6, 6.07) is 14.6. The minimum Gasteiger partial charge on any atom is -0.337 e. The number of rotatable bonds is 10. The maximum atomic E-state index is 13.9. The molecule has 4 rings (SSSR count). The maximum Gasteiger partial charge on any atom is 0.334 e. The maximum absolute atomic E-state index is 13.9. The zero-order chi connectivity index (χ0) is 27.9. The predicted octanol–water partition coefficient (Wildman–Crippen LogP) is 4.02. The second-order valence-electron chi connectivity index (χ2n) is 10.6. The average Bonchev–Trinajstić information content (AvgIpc) is 2.93. The molecule has 1 N–H and O–H groups in total. The van der Waals surface area contributed by atoms with Crippen LogP contribution in [0.1, 0.15) is 50.7 Å². The van der Waals surface area contributed by atoms with Crippen LogP contribution < -0.4 is 5.32 Å². The van der Waals surface area contributed by atoms with E-state index in [2.05, 4.69) is 19.2 Å². The molecular formula is C30H40FN5O3. The SMILES string of the molecule is CCCCC(CC)CN1C[C@H]2N(C(=O)CN(C)N2C(=O)NCc2ccc(F)cc2)[C@@H](Cc2ccccc2)C1=O. The number of fused-ring (bicyclic) bond motifs is 1. The molecule has 2 aliphatic heterocycles. The van der Waals surface area contributed by atoms with Crippen molar-refractivity contribution in [3.63, 3.8) is 0 Å². The Morgan fingerprint density at radius 3 is 2.44 bits per heavy atom. The summed E-state index contributed by atoms with van der Waals surface area (Å²) in [5.74, 6) is -0.210. The number of carbonyl (C=O) groups is 3. The molecule has 2 aromatic carbocycles. The molecule has 210 valence electrons. The van der Waals surface area contributed by atoms with Gasteiger partial charge in [0.1, 0.15) is 18.0 Å². The number of amides is 4. The lowest BCUT2D eigenvalue weighted by atomic mass is 9.95. The Labute approximate surface area is 230 Å². The van der Waals surface area contributed by atoms with E-state index >= 15 is 0 Å². The Kier molecular flexibility index (Phi) is 9.56. The number of nitrogens with zero attached hydrogens (tertiary/aromatic N) is 4. The van der Waals surface area contributed by atoms with Crippen molar-refractivity contribution in [3.8, 4) is 0 Å². The van der Waals surface area contributed by atoms with Gasteiger partial charge in [-0.05, 0) is 35.6 Å². The van der Waals surface area contributed by atoms with Gasteiger partial charge in [0.2, 0.25) is 11.8 Å². The molecular weight excluding hydrogens is 497 g/mol. The van der Waals surface area contributed by atoms with Gasteiger partial charge in [-0.1, -0.05) is 75.6 Å². The third kappa shape index (κ3) is 6.76. The molecule has 39 heavy (non-hydrogen) atoms. The molecule has 9 heteroatoms. The highest BCUT2D eigenvalue weighted by molar-refractivity contribution is 5.91. The van der Waals surface area contributed by atoms with Crippen LogP contribution in [0.5, 0.6) is 0 Å². The summed E-state index contributed by atoms with van der Waals surface area (Å²) in [7, 11) is 1.72. The number of carbonyl (C=O) groups excluding carboxylic acids is 3. The van der Waals surface area contributed by atoms with Crippen molar-refractivity contribution >= 4 is 17.8 Å². The lowest BCUT2D eigenvalue weighted by Gasteiger charge is -2.54. The zero-order valence-corrected chi connectivity index (χ0v) is 23.2. The van der Waals surface area contributed by atoms with E-state index in [0.29, 0.717) is 18.9 Å². The summed E-state index contributed by atoms with van der Waals surface area (Å²) >= 11 is 0. The topological polar surface area (TPSA) is 76.2 Å². The number of urea groups is 1. The van der Waals surface area contributed by atoms with Crippen molar-refractivity contribution in [1.82, 2.24) is 25.1 Å². The predicted molar refractivity (Wildman–Crippen MR) is 148 cm³/mol. The number of likely N-dealkylation sites (N-methyl/N-ethyl adjacent to an activating group) is 1. The fourth-order valence-electron chi connectivity index (χ4n) is 5.60. The van der Waals surface area contributed by atoms with Gasteiger partial charge in [0.25, 0.3) is 0 Å². The number of halogens is 1. The Bertz CT molecular complexity index is 1130. The number of hydrazine groups is 1. The molecule has 3 atom stereocenters. The van der Waals surface area contributed by atoms with Crippen molar-refractivity contribution in [1.29, 1.82) is 0 Å². The minimum atomic E-state index is -0.691. The van der Waals surface area contributed by atoms with Gasteiger partial charge in [-0.3, -0.25) is 9.59 Å². The monoisotopic (exact) mass is 537 g/mol. The van der Waals surface area contributed by atoms with E-state index < -0.39 is 12.2 Å². The van der Waals surface area contributed by atoms with Crippen LogP contribution in [0.4, 0.5) is 9.18 Å². The second-order valence-corrected chi connectivity index (χ2v) is 10.6. The number of hydrogen-bond donors (Lipinski definition) is 1. The second kappa shape index (κ2) is 13.1. The highest BCUT2D eigenvalue weighted by Gasteiger charge is 2.50. The van der Waals surface area contributed by atoms with E-state index in [1.165, 1.54) is 12.1 Å². The molecule has 4 amide bonds. The molecule has 2 fully saturated rings.